The molecule has 3 aromatic rings. The first-order valence-corrected chi connectivity index (χ1v) is 9.63. The molecule has 0 bridgehead atoms. The molecule has 1 aromatic heterocycles. The number of nitrogens with zero attached hydrogens (tertiary/aromatic N) is 2. The molecule has 1 aliphatic rings. The lowest BCUT2D eigenvalue weighted by Crippen LogP contribution is -2.21. The summed E-state index contributed by atoms with van der Waals surface area (Å²) in [6.07, 6.45) is 1.92. The van der Waals surface area contributed by atoms with Crippen LogP contribution in [-0.4, -0.2) is 46.5 Å². The molecule has 0 radical (unpaired) electrons. The van der Waals surface area contributed by atoms with Crippen molar-refractivity contribution in [2.45, 2.75) is 12.8 Å². The highest BCUT2D eigenvalue weighted by molar-refractivity contribution is 5.97. The van der Waals surface area contributed by atoms with E-state index in [-0.39, 0.29) is 16.9 Å². The predicted molar refractivity (Wildman–Crippen MR) is 112 cm³/mol. The number of hydrogen-bond acceptors (Lipinski definition) is 7. The Morgan fingerprint density at radius 1 is 1.10 bits per heavy atom. The van der Waals surface area contributed by atoms with Gasteiger partial charge in [0.2, 0.25) is 0 Å². The number of nitro benzene ring substituents is 1. The van der Waals surface area contributed by atoms with E-state index in [1.165, 1.54) is 18.2 Å². The Morgan fingerprint density at radius 3 is 2.58 bits per heavy atom. The molecule has 4 rings (SSSR count). The van der Waals surface area contributed by atoms with Gasteiger partial charge in [-0.05, 0) is 43.2 Å². The molecular weight excluding hydrogens is 406 g/mol. The van der Waals surface area contributed by atoms with Crippen molar-refractivity contribution in [3.8, 4) is 0 Å². The van der Waals surface area contributed by atoms with Crippen molar-refractivity contribution in [2.24, 2.45) is 0 Å². The maximum atomic E-state index is 12.3. The van der Waals surface area contributed by atoms with E-state index in [0.717, 1.165) is 25.9 Å². The molecule has 1 fully saturated rings. The van der Waals surface area contributed by atoms with Gasteiger partial charge in [0, 0.05) is 24.8 Å². The predicted octanol–water partition coefficient (Wildman–Crippen LogP) is 2.16. The summed E-state index contributed by atoms with van der Waals surface area (Å²) in [6.45, 7) is 0.892. The number of hydrogen-bond donors (Lipinski definition) is 3. The van der Waals surface area contributed by atoms with Crippen molar-refractivity contribution in [2.75, 3.05) is 29.9 Å². The number of imidazole rings is 1. The summed E-state index contributed by atoms with van der Waals surface area (Å²) in [7, 11) is 0. The van der Waals surface area contributed by atoms with Gasteiger partial charge >= 0.3 is 11.7 Å². The van der Waals surface area contributed by atoms with E-state index >= 15 is 0 Å². The van der Waals surface area contributed by atoms with Gasteiger partial charge in [0.25, 0.3) is 11.6 Å². The minimum Gasteiger partial charge on any atom is -0.452 e. The van der Waals surface area contributed by atoms with E-state index in [4.69, 9.17) is 4.74 Å². The van der Waals surface area contributed by atoms with E-state index in [1.54, 1.807) is 18.2 Å². The van der Waals surface area contributed by atoms with Crippen molar-refractivity contribution in [1.82, 2.24) is 9.97 Å². The number of rotatable bonds is 6. The van der Waals surface area contributed by atoms with Gasteiger partial charge in [-0.25, -0.2) is 9.59 Å². The molecule has 31 heavy (non-hydrogen) atoms. The fourth-order valence-corrected chi connectivity index (χ4v) is 3.54. The number of nitrogens with one attached hydrogen (secondary N) is 3. The SMILES string of the molecule is O=C(COC(=O)c1ccc(N2CCCC2)c([N+](=O)[O-])c1)Nc1ccc2[nH]c(=O)[nH]c2c1. The largest absolute Gasteiger partial charge is 0.452 e. The number of carbonyl (C=O) groups excluding carboxylic acids is 2. The first-order chi connectivity index (χ1) is 14.9. The van der Waals surface area contributed by atoms with E-state index in [0.29, 0.717) is 22.4 Å². The highest BCUT2D eigenvalue weighted by Gasteiger charge is 2.24. The molecular formula is C20H19N5O6. The van der Waals surface area contributed by atoms with Crippen LogP contribution < -0.4 is 15.9 Å². The number of H-pyrrole nitrogens is 2. The lowest BCUT2D eigenvalue weighted by molar-refractivity contribution is -0.384. The number of aromatic amines is 2. The molecule has 0 atom stereocenters. The van der Waals surface area contributed by atoms with Gasteiger partial charge in [0.15, 0.2) is 6.61 Å². The number of ether oxygens (including phenoxy) is 1. The van der Waals surface area contributed by atoms with Gasteiger partial charge in [-0.3, -0.25) is 14.9 Å². The highest BCUT2D eigenvalue weighted by atomic mass is 16.6. The van der Waals surface area contributed by atoms with Crippen molar-refractivity contribution in [3.05, 3.63) is 62.6 Å². The van der Waals surface area contributed by atoms with Crippen LogP contribution in [0.1, 0.15) is 23.2 Å². The Kier molecular flexibility index (Phi) is 5.39. The van der Waals surface area contributed by atoms with Crippen LogP contribution in [0.25, 0.3) is 11.0 Å². The van der Waals surface area contributed by atoms with Gasteiger partial charge in [-0.1, -0.05) is 0 Å². The van der Waals surface area contributed by atoms with Gasteiger partial charge in [-0.2, -0.15) is 0 Å². The fourth-order valence-electron chi connectivity index (χ4n) is 3.54. The summed E-state index contributed by atoms with van der Waals surface area (Å²) in [5.74, 6) is -1.43. The van der Waals surface area contributed by atoms with E-state index < -0.39 is 23.4 Å². The Balaban J connectivity index is 1.40. The summed E-state index contributed by atoms with van der Waals surface area (Å²) in [6, 6.07) is 8.93. The average Bonchev–Trinajstić information content (AvgIpc) is 3.40. The zero-order valence-corrected chi connectivity index (χ0v) is 16.3. The molecule has 1 aliphatic heterocycles. The number of anilines is 2. The minimum absolute atomic E-state index is 0.00577. The van der Waals surface area contributed by atoms with Crippen LogP contribution in [-0.2, 0) is 9.53 Å². The fraction of sp³-hybridized carbons (Fsp3) is 0.250. The van der Waals surface area contributed by atoms with Crippen molar-refractivity contribution < 1.29 is 19.2 Å². The van der Waals surface area contributed by atoms with Crippen LogP contribution in [0.2, 0.25) is 0 Å². The molecule has 0 unspecified atom stereocenters. The third-order valence-corrected chi connectivity index (χ3v) is 4.99. The summed E-state index contributed by atoms with van der Waals surface area (Å²) < 4.78 is 5.00. The summed E-state index contributed by atoms with van der Waals surface area (Å²) >= 11 is 0. The Labute approximate surface area is 175 Å². The number of amides is 1. The van der Waals surface area contributed by atoms with Crippen LogP contribution in [0.5, 0.6) is 0 Å². The van der Waals surface area contributed by atoms with Crippen LogP contribution >= 0.6 is 0 Å². The number of aromatic nitrogens is 2. The number of benzene rings is 2. The second-order valence-electron chi connectivity index (χ2n) is 7.12. The number of carbonyl (C=O) groups is 2. The standard InChI is InChI=1S/C20H19N5O6/c26-18(21-13-4-5-14-15(10-13)23-20(28)22-14)11-31-19(27)12-3-6-16(17(9-12)25(29)30)24-7-1-2-8-24/h3-6,9-10H,1-2,7-8,11H2,(H,21,26)(H2,22,23,28). The lowest BCUT2D eigenvalue weighted by atomic mass is 10.1. The third-order valence-electron chi connectivity index (χ3n) is 4.99. The molecule has 0 aliphatic carbocycles. The molecule has 11 heteroatoms. The first kappa shape index (κ1) is 20.1. The average molecular weight is 425 g/mol. The summed E-state index contributed by atoms with van der Waals surface area (Å²) in [4.78, 5) is 53.7. The molecule has 1 saturated heterocycles. The van der Waals surface area contributed by atoms with Gasteiger partial charge in [-0.15, -0.1) is 0 Å². The van der Waals surface area contributed by atoms with Gasteiger partial charge in [0.1, 0.15) is 5.69 Å². The Morgan fingerprint density at radius 2 is 1.84 bits per heavy atom. The second-order valence-corrected chi connectivity index (χ2v) is 7.12. The lowest BCUT2D eigenvalue weighted by Gasteiger charge is -2.17. The number of fused-ring (bicyclic) bond motifs is 1. The van der Waals surface area contributed by atoms with Crippen molar-refractivity contribution in [3.63, 3.8) is 0 Å². The zero-order chi connectivity index (χ0) is 22.0. The Hall–Kier alpha value is -4.15. The third kappa shape index (κ3) is 4.39. The van der Waals surface area contributed by atoms with Gasteiger partial charge in [0.05, 0.1) is 21.5 Å². The quantitative estimate of drug-likeness (QED) is 0.311. The zero-order valence-electron chi connectivity index (χ0n) is 16.3. The van der Waals surface area contributed by atoms with Crippen molar-refractivity contribution in [1.29, 1.82) is 0 Å². The molecule has 0 saturated carbocycles. The molecule has 2 heterocycles. The summed E-state index contributed by atoms with van der Waals surface area (Å²) in [5, 5.41) is 14.0. The maximum absolute atomic E-state index is 12.3. The normalized spacial score (nSPS) is 13.4. The molecule has 2 aromatic carbocycles. The topological polar surface area (TPSA) is 150 Å². The van der Waals surface area contributed by atoms with Crippen molar-refractivity contribution >= 4 is 40.0 Å². The molecule has 3 N–H and O–H groups in total. The Bertz CT molecular complexity index is 1220. The van der Waals surface area contributed by atoms with Crippen LogP contribution in [0.15, 0.2) is 41.2 Å². The molecule has 11 nitrogen and oxygen atoms in total. The van der Waals surface area contributed by atoms with Gasteiger partial charge < -0.3 is 24.9 Å². The van der Waals surface area contributed by atoms with E-state index in [1.807, 2.05) is 4.90 Å². The minimum atomic E-state index is -0.836. The number of nitro groups is 1. The first-order valence-electron chi connectivity index (χ1n) is 9.63. The highest BCUT2D eigenvalue weighted by Crippen LogP contribution is 2.31. The van der Waals surface area contributed by atoms with E-state index in [2.05, 4.69) is 15.3 Å². The molecule has 1 amide bonds. The second kappa shape index (κ2) is 8.30. The maximum Gasteiger partial charge on any atom is 0.338 e. The molecule has 160 valence electrons. The van der Waals surface area contributed by atoms with Crippen LogP contribution in [0.3, 0.4) is 0 Å². The smallest absolute Gasteiger partial charge is 0.338 e. The number of esters is 1. The summed E-state index contributed by atoms with van der Waals surface area (Å²) in [5.41, 5.74) is 1.45. The van der Waals surface area contributed by atoms with Crippen LogP contribution in [0, 0.1) is 10.1 Å². The molecule has 0 spiro atoms. The van der Waals surface area contributed by atoms with E-state index in [9.17, 15) is 24.5 Å². The van der Waals surface area contributed by atoms with Crippen LogP contribution in [0.4, 0.5) is 17.1 Å². The monoisotopic (exact) mass is 425 g/mol.